The average Bonchev–Trinajstić information content (AvgIpc) is 1.96. The highest BCUT2D eigenvalue weighted by Crippen LogP contribution is 2.39. The Morgan fingerprint density at radius 2 is 1.81 bits per heavy atom. The highest BCUT2D eigenvalue weighted by Gasteiger charge is 2.36. The third-order valence-corrected chi connectivity index (χ3v) is 3.03. The van der Waals surface area contributed by atoms with Crippen molar-refractivity contribution in [2.45, 2.75) is 24.3 Å². The molecule has 88 valence electrons. The fourth-order valence-corrected chi connectivity index (χ4v) is 2.76. The van der Waals surface area contributed by atoms with Crippen LogP contribution in [0.4, 0.5) is 4.39 Å². The Labute approximate surface area is 112 Å². The third-order valence-electron chi connectivity index (χ3n) is 2.13. The quantitative estimate of drug-likeness (QED) is 0.732. The van der Waals surface area contributed by atoms with Crippen LogP contribution in [-0.4, -0.2) is 10.4 Å². The Kier molecular flexibility index (Phi) is 4.38. The van der Waals surface area contributed by atoms with Crippen LogP contribution in [0.2, 0.25) is 10.0 Å². The van der Waals surface area contributed by atoms with E-state index in [4.69, 9.17) is 23.2 Å². The fourth-order valence-electron chi connectivity index (χ4n) is 1.63. The molecule has 0 saturated heterocycles. The lowest BCUT2D eigenvalue weighted by molar-refractivity contribution is -0.120. The van der Waals surface area contributed by atoms with E-state index in [-0.39, 0.29) is 5.78 Å². The van der Waals surface area contributed by atoms with Gasteiger partial charge in [0.2, 0.25) is 0 Å². The molecule has 1 aromatic rings. The highest BCUT2D eigenvalue weighted by molar-refractivity contribution is 9.10. The number of hydrogen-bond donors (Lipinski definition) is 0. The van der Waals surface area contributed by atoms with Crippen molar-refractivity contribution < 1.29 is 9.18 Å². The molecule has 0 radical (unpaired) electrons. The topological polar surface area (TPSA) is 17.1 Å². The van der Waals surface area contributed by atoms with E-state index >= 15 is 0 Å². The average molecular weight is 328 g/mol. The molecular formula is C11H10BrCl2FO. The van der Waals surface area contributed by atoms with E-state index < -0.39 is 10.5 Å². The summed E-state index contributed by atoms with van der Waals surface area (Å²) in [6.07, 6.45) is 0. The molecular weight excluding hydrogens is 318 g/mol. The molecule has 0 aliphatic rings. The lowest BCUT2D eigenvalue weighted by Crippen LogP contribution is -2.26. The summed E-state index contributed by atoms with van der Waals surface area (Å²) in [5.74, 6) is -1.22. The molecule has 1 nitrogen and oxygen atoms in total. The molecule has 0 aromatic heterocycles. The Balaban J connectivity index is 3.27. The van der Waals surface area contributed by atoms with Gasteiger partial charge in [-0.25, -0.2) is 4.39 Å². The van der Waals surface area contributed by atoms with Crippen LogP contribution in [0, 0.1) is 0 Å². The smallest absolute Gasteiger partial charge is 0.175 e. The number of alkyl halides is 2. The maximum absolute atomic E-state index is 13.9. The zero-order valence-electron chi connectivity index (χ0n) is 8.73. The Hall–Kier alpha value is -0.120. The summed E-state index contributed by atoms with van der Waals surface area (Å²) >= 11 is 14.5. The van der Waals surface area contributed by atoms with Gasteiger partial charge in [0.1, 0.15) is 5.78 Å². The molecule has 1 rings (SSSR count). The molecule has 0 fully saturated rings. The molecule has 1 aromatic carbocycles. The van der Waals surface area contributed by atoms with E-state index in [1.165, 1.54) is 19.9 Å². The summed E-state index contributed by atoms with van der Waals surface area (Å²) in [5, 5.41) is 0.760. The number of ketones is 1. The van der Waals surface area contributed by atoms with Crippen molar-refractivity contribution in [1.82, 2.24) is 0 Å². The number of carbonyl (C=O) groups is 1. The van der Waals surface area contributed by atoms with Crippen LogP contribution in [0.15, 0.2) is 18.2 Å². The Bertz CT molecular complexity index is 395. The maximum Gasteiger partial charge on any atom is 0.175 e. The SMILES string of the molecule is CC(=O)C(c1cc(Cl)cc(Cl)c1)C(C)(F)Br. The van der Waals surface area contributed by atoms with Crippen LogP contribution in [0.5, 0.6) is 0 Å². The van der Waals surface area contributed by atoms with Gasteiger partial charge in [0.05, 0.1) is 5.92 Å². The van der Waals surface area contributed by atoms with E-state index in [2.05, 4.69) is 15.9 Å². The van der Waals surface area contributed by atoms with Crippen molar-refractivity contribution in [3.05, 3.63) is 33.8 Å². The van der Waals surface area contributed by atoms with E-state index in [0.717, 1.165) is 0 Å². The number of halogens is 4. The van der Waals surface area contributed by atoms with Crippen molar-refractivity contribution in [3.63, 3.8) is 0 Å². The van der Waals surface area contributed by atoms with Gasteiger partial charge in [-0.2, -0.15) is 0 Å². The number of benzene rings is 1. The van der Waals surface area contributed by atoms with Crippen molar-refractivity contribution in [3.8, 4) is 0 Å². The van der Waals surface area contributed by atoms with Gasteiger partial charge in [-0.3, -0.25) is 4.79 Å². The minimum absolute atomic E-state index is 0.291. The second-order valence-electron chi connectivity index (χ2n) is 3.70. The predicted molar refractivity (Wildman–Crippen MR) is 68.3 cm³/mol. The Morgan fingerprint density at radius 3 is 2.12 bits per heavy atom. The van der Waals surface area contributed by atoms with E-state index in [1.54, 1.807) is 12.1 Å². The first-order valence-corrected chi connectivity index (χ1v) is 6.11. The summed E-state index contributed by atoms with van der Waals surface area (Å²) < 4.78 is 12.0. The van der Waals surface area contributed by atoms with Gasteiger partial charge in [-0.15, -0.1) is 0 Å². The fraction of sp³-hybridized carbons (Fsp3) is 0.364. The molecule has 5 heteroatoms. The van der Waals surface area contributed by atoms with Crippen molar-refractivity contribution in [1.29, 1.82) is 0 Å². The van der Waals surface area contributed by atoms with E-state index in [1.807, 2.05) is 0 Å². The lowest BCUT2D eigenvalue weighted by atomic mass is 9.91. The first-order valence-electron chi connectivity index (χ1n) is 4.56. The zero-order chi connectivity index (χ0) is 12.5. The monoisotopic (exact) mass is 326 g/mol. The third kappa shape index (κ3) is 3.44. The molecule has 2 unspecified atom stereocenters. The van der Waals surface area contributed by atoms with Crippen LogP contribution < -0.4 is 0 Å². The maximum atomic E-state index is 13.9. The molecule has 0 N–H and O–H groups in total. The molecule has 16 heavy (non-hydrogen) atoms. The molecule has 0 amide bonds. The van der Waals surface area contributed by atoms with Gasteiger partial charge < -0.3 is 0 Å². The zero-order valence-corrected chi connectivity index (χ0v) is 11.8. The molecule has 0 aliphatic carbocycles. The number of Topliss-reactive ketones (excluding diaryl/α,β-unsaturated/α-hetero) is 1. The van der Waals surface area contributed by atoms with Gasteiger partial charge in [0.15, 0.2) is 4.58 Å². The first kappa shape index (κ1) is 13.9. The largest absolute Gasteiger partial charge is 0.299 e. The number of rotatable bonds is 3. The summed E-state index contributed by atoms with van der Waals surface area (Å²) in [6, 6.07) is 4.62. The second-order valence-corrected chi connectivity index (χ2v) is 6.13. The van der Waals surface area contributed by atoms with Gasteiger partial charge >= 0.3 is 0 Å². The minimum atomic E-state index is -1.83. The standard InChI is InChI=1S/C11H10BrCl2FO/c1-6(16)10(11(2,12)15)7-3-8(13)5-9(14)4-7/h3-5,10H,1-2H3. The highest BCUT2D eigenvalue weighted by atomic mass is 79.9. The normalized spacial score (nSPS) is 16.6. The van der Waals surface area contributed by atoms with Crippen molar-refractivity contribution >= 4 is 44.9 Å². The van der Waals surface area contributed by atoms with Gasteiger partial charge in [-0.05, 0) is 53.5 Å². The van der Waals surface area contributed by atoms with E-state index in [9.17, 15) is 9.18 Å². The van der Waals surface area contributed by atoms with Crippen LogP contribution in [0.1, 0.15) is 25.3 Å². The van der Waals surface area contributed by atoms with Crippen LogP contribution in [0.3, 0.4) is 0 Å². The van der Waals surface area contributed by atoms with Gasteiger partial charge in [0.25, 0.3) is 0 Å². The van der Waals surface area contributed by atoms with Crippen molar-refractivity contribution in [2.24, 2.45) is 0 Å². The van der Waals surface area contributed by atoms with Crippen LogP contribution >= 0.6 is 39.1 Å². The summed E-state index contributed by atoms with van der Waals surface area (Å²) in [4.78, 5) is 11.5. The molecule has 0 aliphatic heterocycles. The summed E-state index contributed by atoms with van der Waals surface area (Å²) in [5.41, 5.74) is 0.465. The predicted octanol–water partition coefficient (Wildman–Crippen LogP) is 4.75. The number of hydrogen-bond acceptors (Lipinski definition) is 1. The minimum Gasteiger partial charge on any atom is -0.299 e. The summed E-state index contributed by atoms with van der Waals surface area (Å²) in [7, 11) is 0. The summed E-state index contributed by atoms with van der Waals surface area (Å²) in [6.45, 7) is 2.62. The second kappa shape index (κ2) is 5.03. The van der Waals surface area contributed by atoms with E-state index in [0.29, 0.717) is 15.6 Å². The molecule has 0 bridgehead atoms. The molecule has 0 heterocycles. The molecule has 0 saturated carbocycles. The Morgan fingerprint density at radius 1 is 1.38 bits per heavy atom. The lowest BCUT2D eigenvalue weighted by Gasteiger charge is -2.23. The molecule has 0 spiro atoms. The van der Waals surface area contributed by atoms with Gasteiger partial charge in [-0.1, -0.05) is 23.2 Å². The first-order chi connectivity index (χ1) is 7.21. The van der Waals surface area contributed by atoms with Crippen LogP contribution in [0.25, 0.3) is 0 Å². The van der Waals surface area contributed by atoms with Crippen LogP contribution in [-0.2, 0) is 4.79 Å². The van der Waals surface area contributed by atoms with Crippen molar-refractivity contribution in [2.75, 3.05) is 0 Å². The number of carbonyl (C=O) groups excluding carboxylic acids is 1. The molecule has 2 atom stereocenters. The van der Waals surface area contributed by atoms with Gasteiger partial charge in [0, 0.05) is 10.0 Å².